The first kappa shape index (κ1) is 13.8. The van der Waals surface area contributed by atoms with Crippen LogP contribution in [0.5, 0.6) is 5.88 Å². The number of methoxy groups -OCH3 is 1. The summed E-state index contributed by atoms with van der Waals surface area (Å²) >= 11 is 0. The van der Waals surface area contributed by atoms with Crippen LogP contribution in [-0.2, 0) is 16.1 Å². The molecule has 2 rings (SSSR count). The summed E-state index contributed by atoms with van der Waals surface area (Å²) in [6.07, 6.45) is 3.56. The van der Waals surface area contributed by atoms with Gasteiger partial charge in [-0.3, -0.25) is 4.79 Å². The molecule has 2 heterocycles. The Labute approximate surface area is 113 Å². The lowest BCUT2D eigenvalue weighted by Crippen LogP contribution is -2.39. The van der Waals surface area contributed by atoms with E-state index in [0.717, 1.165) is 25.0 Å². The maximum atomic E-state index is 12.1. The van der Waals surface area contributed by atoms with E-state index in [9.17, 15) is 4.79 Å². The number of hydrogen-bond acceptors (Lipinski definition) is 4. The van der Waals surface area contributed by atoms with Gasteiger partial charge in [0.25, 0.3) is 0 Å². The van der Waals surface area contributed by atoms with Gasteiger partial charge in [0, 0.05) is 25.4 Å². The molecular formula is C14H20N2O3. The molecule has 0 aromatic carbocycles. The number of nitrogens with zero attached hydrogens (tertiary/aromatic N) is 1. The average molecular weight is 264 g/mol. The van der Waals surface area contributed by atoms with E-state index in [4.69, 9.17) is 9.47 Å². The number of nitrogens with one attached hydrogen (secondary N) is 1. The highest BCUT2D eigenvalue weighted by Crippen LogP contribution is 2.20. The Morgan fingerprint density at radius 1 is 1.58 bits per heavy atom. The minimum atomic E-state index is -0.0417. The van der Waals surface area contributed by atoms with Crippen LogP contribution >= 0.6 is 0 Å². The lowest BCUT2D eigenvalue weighted by atomic mass is 9.94. The number of aromatic nitrogens is 1. The summed E-state index contributed by atoms with van der Waals surface area (Å²) < 4.78 is 10.5. The number of pyridine rings is 1. The van der Waals surface area contributed by atoms with Crippen LogP contribution in [0, 0.1) is 5.92 Å². The molecule has 5 heteroatoms. The third kappa shape index (κ3) is 3.67. The van der Waals surface area contributed by atoms with E-state index in [0.29, 0.717) is 12.4 Å². The summed E-state index contributed by atoms with van der Waals surface area (Å²) in [5.74, 6) is 0.590. The third-order valence-corrected chi connectivity index (χ3v) is 3.42. The predicted octanol–water partition coefficient (Wildman–Crippen LogP) is 1.52. The first-order valence-electron chi connectivity index (χ1n) is 6.59. The fourth-order valence-electron chi connectivity index (χ4n) is 2.22. The van der Waals surface area contributed by atoms with Crippen LogP contribution in [0.15, 0.2) is 18.3 Å². The van der Waals surface area contributed by atoms with Gasteiger partial charge >= 0.3 is 0 Å². The van der Waals surface area contributed by atoms with Crippen molar-refractivity contribution in [2.24, 2.45) is 5.92 Å². The van der Waals surface area contributed by atoms with Gasteiger partial charge in [-0.25, -0.2) is 4.98 Å². The second kappa shape index (κ2) is 6.52. The highest BCUT2D eigenvalue weighted by atomic mass is 16.5. The Kier molecular flexibility index (Phi) is 4.74. The van der Waals surface area contributed by atoms with Crippen LogP contribution in [0.25, 0.3) is 0 Å². The Morgan fingerprint density at radius 2 is 2.42 bits per heavy atom. The number of carbonyl (C=O) groups is 1. The standard InChI is InChI=1S/C14H20N2O3/c1-10-12(4-3-7-19-10)14(17)16-9-11-5-6-13(18-2)15-8-11/h5-6,8,10,12H,3-4,7,9H2,1-2H3,(H,16,17)/t10-,12-/m1/s1. The summed E-state index contributed by atoms with van der Waals surface area (Å²) in [6, 6.07) is 3.68. The smallest absolute Gasteiger partial charge is 0.225 e. The summed E-state index contributed by atoms with van der Waals surface area (Å²) in [4.78, 5) is 16.2. The topological polar surface area (TPSA) is 60.5 Å². The molecule has 1 aliphatic heterocycles. The molecule has 1 amide bonds. The molecule has 0 spiro atoms. The van der Waals surface area contributed by atoms with Crippen molar-refractivity contribution in [3.8, 4) is 5.88 Å². The van der Waals surface area contributed by atoms with Crippen LogP contribution in [0.1, 0.15) is 25.3 Å². The molecule has 0 unspecified atom stereocenters. The fourth-order valence-corrected chi connectivity index (χ4v) is 2.22. The van der Waals surface area contributed by atoms with Gasteiger partial charge < -0.3 is 14.8 Å². The van der Waals surface area contributed by atoms with Crippen molar-refractivity contribution in [2.75, 3.05) is 13.7 Å². The largest absolute Gasteiger partial charge is 0.481 e. The monoisotopic (exact) mass is 264 g/mol. The molecule has 0 aliphatic carbocycles. The van der Waals surface area contributed by atoms with Gasteiger partial charge in [-0.05, 0) is 25.3 Å². The van der Waals surface area contributed by atoms with Crippen molar-refractivity contribution in [3.63, 3.8) is 0 Å². The first-order valence-corrected chi connectivity index (χ1v) is 6.59. The van der Waals surface area contributed by atoms with Gasteiger partial charge in [-0.15, -0.1) is 0 Å². The number of ether oxygens (including phenoxy) is 2. The SMILES string of the molecule is COc1ccc(CNC(=O)[C@@H]2CCCO[C@@H]2C)cn1. The summed E-state index contributed by atoms with van der Waals surface area (Å²) in [6.45, 7) is 3.20. The molecule has 2 atom stereocenters. The van der Waals surface area contributed by atoms with Gasteiger partial charge in [0.2, 0.25) is 11.8 Å². The average Bonchev–Trinajstić information content (AvgIpc) is 2.46. The Morgan fingerprint density at radius 3 is 3.05 bits per heavy atom. The van der Waals surface area contributed by atoms with E-state index in [1.54, 1.807) is 19.4 Å². The lowest BCUT2D eigenvalue weighted by Gasteiger charge is -2.28. The van der Waals surface area contributed by atoms with E-state index in [1.165, 1.54) is 0 Å². The summed E-state index contributed by atoms with van der Waals surface area (Å²) in [5, 5.41) is 2.94. The summed E-state index contributed by atoms with van der Waals surface area (Å²) in [5.41, 5.74) is 0.957. The van der Waals surface area contributed by atoms with Crippen molar-refractivity contribution in [1.82, 2.24) is 10.3 Å². The molecule has 1 aliphatic rings. The van der Waals surface area contributed by atoms with Gasteiger partial charge in [0.15, 0.2) is 0 Å². The van der Waals surface area contributed by atoms with Gasteiger partial charge in [0.1, 0.15) is 0 Å². The highest BCUT2D eigenvalue weighted by Gasteiger charge is 2.28. The van der Waals surface area contributed by atoms with Crippen molar-refractivity contribution < 1.29 is 14.3 Å². The number of amides is 1. The fraction of sp³-hybridized carbons (Fsp3) is 0.571. The van der Waals surface area contributed by atoms with E-state index in [1.807, 2.05) is 13.0 Å². The molecule has 0 bridgehead atoms. The highest BCUT2D eigenvalue weighted by molar-refractivity contribution is 5.79. The molecule has 0 radical (unpaired) electrons. The van der Waals surface area contributed by atoms with Crippen molar-refractivity contribution in [1.29, 1.82) is 0 Å². The Balaban J connectivity index is 1.85. The zero-order valence-electron chi connectivity index (χ0n) is 11.4. The van der Waals surface area contributed by atoms with E-state index < -0.39 is 0 Å². The molecule has 1 aromatic rings. The normalized spacial score (nSPS) is 22.8. The van der Waals surface area contributed by atoms with Gasteiger partial charge in [-0.1, -0.05) is 6.07 Å². The molecule has 0 saturated carbocycles. The van der Waals surface area contributed by atoms with Crippen molar-refractivity contribution >= 4 is 5.91 Å². The molecule has 1 saturated heterocycles. The summed E-state index contributed by atoms with van der Waals surface area (Å²) in [7, 11) is 1.58. The Bertz CT molecular complexity index is 419. The maximum Gasteiger partial charge on any atom is 0.225 e. The zero-order valence-corrected chi connectivity index (χ0v) is 11.4. The number of rotatable bonds is 4. The molecular weight excluding hydrogens is 244 g/mol. The van der Waals surface area contributed by atoms with Crippen LogP contribution in [0.2, 0.25) is 0 Å². The molecule has 104 valence electrons. The number of hydrogen-bond donors (Lipinski definition) is 1. The molecule has 5 nitrogen and oxygen atoms in total. The predicted molar refractivity (Wildman–Crippen MR) is 70.8 cm³/mol. The van der Waals surface area contributed by atoms with Crippen molar-refractivity contribution in [2.45, 2.75) is 32.4 Å². The first-order chi connectivity index (χ1) is 9.20. The van der Waals surface area contributed by atoms with E-state index in [2.05, 4.69) is 10.3 Å². The molecule has 1 aromatic heterocycles. The third-order valence-electron chi connectivity index (χ3n) is 3.42. The zero-order chi connectivity index (χ0) is 13.7. The number of carbonyl (C=O) groups excluding carboxylic acids is 1. The molecule has 1 fully saturated rings. The van der Waals surface area contributed by atoms with Crippen molar-refractivity contribution in [3.05, 3.63) is 23.9 Å². The van der Waals surface area contributed by atoms with E-state index in [-0.39, 0.29) is 17.9 Å². The minimum absolute atomic E-state index is 0.00254. The van der Waals surface area contributed by atoms with Gasteiger partial charge in [-0.2, -0.15) is 0 Å². The minimum Gasteiger partial charge on any atom is -0.481 e. The van der Waals surface area contributed by atoms with Gasteiger partial charge in [0.05, 0.1) is 19.1 Å². The second-order valence-corrected chi connectivity index (χ2v) is 4.75. The van der Waals surface area contributed by atoms with Crippen LogP contribution < -0.4 is 10.1 Å². The second-order valence-electron chi connectivity index (χ2n) is 4.75. The van der Waals surface area contributed by atoms with Crippen LogP contribution in [0.3, 0.4) is 0 Å². The van der Waals surface area contributed by atoms with Crippen LogP contribution in [-0.4, -0.2) is 30.7 Å². The van der Waals surface area contributed by atoms with E-state index >= 15 is 0 Å². The maximum absolute atomic E-state index is 12.1. The lowest BCUT2D eigenvalue weighted by molar-refractivity contribution is -0.133. The molecule has 1 N–H and O–H groups in total. The quantitative estimate of drug-likeness (QED) is 0.895. The molecule has 19 heavy (non-hydrogen) atoms. The Hall–Kier alpha value is -1.62. The van der Waals surface area contributed by atoms with Crippen LogP contribution in [0.4, 0.5) is 0 Å².